The Kier molecular flexibility index (Phi) is 3.76. The van der Waals surface area contributed by atoms with Crippen molar-refractivity contribution in [2.24, 2.45) is 0 Å². The van der Waals surface area contributed by atoms with Gasteiger partial charge in [-0.05, 0) is 36.2 Å². The summed E-state index contributed by atoms with van der Waals surface area (Å²) in [6, 6.07) is 8.39. The van der Waals surface area contributed by atoms with E-state index in [0.29, 0.717) is 41.5 Å². The fourth-order valence-corrected chi connectivity index (χ4v) is 2.87. The first kappa shape index (κ1) is 15.4. The molecule has 0 aliphatic carbocycles. The first-order valence-corrected chi connectivity index (χ1v) is 7.99. The van der Waals surface area contributed by atoms with E-state index in [1.54, 1.807) is 6.07 Å². The van der Waals surface area contributed by atoms with Gasteiger partial charge >= 0.3 is 0 Å². The normalized spacial score (nSPS) is 12.6. The molecular weight excluding hydrogens is 325 g/mol. The second kappa shape index (κ2) is 6.08. The summed E-state index contributed by atoms with van der Waals surface area (Å²) in [7, 11) is 0. The number of hydrogen-bond acceptors (Lipinski definition) is 4. The fourth-order valence-electron chi connectivity index (χ4n) is 2.87. The zero-order valence-electron chi connectivity index (χ0n) is 13.6. The molecule has 2 aromatic heterocycles. The molecule has 1 N–H and O–H groups in total. The molecule has 1 aliphatic heterocycles. The molecular formula is C18H16FN3O3. The Hall–Kier alpha value is -3.09. The Morgan fingerprint density at radius 2 is 2.12 bits per heavy atom. The van der Waals surface area contributed by atoms with E-state index in [1.165, 1.54) is 16.7 Å². The van der Waals surface area contributed by atoms with Crippen molar-refractivity contribution < 1.29 is 18.7 Å². The van der Waals surface area contributed by atoms with Crippen molar-refractivity contribution in [2.75, 3.05) is 6.79 Å². The number of rotatable bonds is 4. The number of hydrogen-bond donors (Lipinski definition) is 1. The fraction of sp³-hybridized carbons (Fsp3) is 0.222. The maximum Gasteiger partial charge on any atom is 0.270 e. The van der Waals surface area contributed by atoms with Gasteiger partial charge in [-0.15, -0.1) is 0 Å². The Balaban J connectivity index is 1.58. The highest BCUT2D eigenvalue weighted by atomic mass is 19.1. The number of amides is 1. The van der Waals surface area contributed by atoms with Crippen LogP contribution in [0.15, 0.2) is 36.5 Å². The summed E-state index contributed by atoms with van der Waals surface area (Å²) < 4.78 is 25.7. The van der Waals surface area contributed by atoms with Crippen LogP contribution < -0.4 is 14.8 Å². The lowest BCUT2D eigenvalue weighted by atomic mass is 10.2. The summed E-state index contributed by atoms with van der Waals surface area (Å²) in [6.07, 6.45) is 1.85. The van der Waals surface area contributed by atoms with Gasteiger partial charge in [-0.1, -0.05) is 13.0 Å². The molecule has 3 heterocycles. The summed E-state index contributed by atoms with van der Waals surface area (Å²) in [5, 5.41) is 2.86. The van der Waals surface area contributed by atoms with Crippen LogP contribution in [0.3, 0.4) is 0 Å². The average molecular weight is 341 g/mol. The minimum absolute atomic E-state index is 0.207. The molecule has 4 rings (SSSR count). The van der Waals surface area contributed by atoms with Crippen molar-refractivity contribution in [3.05, 3.63) is 59.3 Å². The van der Waals surface area contributed by atoms with Gasteiger partial charge in [-0.2, -0.15) is 0 Å². The molecule has 7 heteroatoms. The number of halogens is 1. The van der Waals surface area contributed by atoms with Crippen molar-refractivity contribution in [1.29, 1.82) is 0 Å². The summed E-state index contributed by atoms with van der Waals surface area (Å²) in [5.74, 6) is 0.642. The molecule has 3 aromatic rings. The number of benzene rings is 1. The lowest BCUT2D eigenvalue weighted by molar-refractivity contribution is 0.0944. The molecule has 1 amide bonds. The number of carbonyl (C=O) groups excluding carboxylic acids is 1. The molecule has 1 aliphatic rings. The third kappa shape index (κ3) is 2.77. The molecule has 128 valence electrons. The van der Waals surface area contributed by atoms with Crippen molar-refractivity contribution in [2.45, 2.75) is 19.9 Å². The van der Waals surface area contributed by atoms with Crippen LogP contribution in [0.4, 0.5) is 4.39 Å². The summed E-state index contributed by atoms with van der Waals surface area (Å²) in [4.78, 5) is 17.1. The van der Waals surface area contributed by atoms with Gasteiger partial charge in [0.2, 0.25) is 6.79 Å². The maximum atomic E-state index is 13.6. The minimum Gasteiger partial charge on any atom is -0.454 e. The van der Waals surface area contributed by atoms with E-state index >= 15 is 0 Å². The highest BCUT2D eigenvalue weighted by Gasteiger charge is 2.19. The molecule has 0 bridgehead atoms. The topological polar surface area (TPSA) is 64.9 Å². The molecule has 1 aromatic carbocycles. The zero-order valence-corrected chi connectivity index (χ0v) is 13.6. The minimum atomic E-state index is -0.419. The molecule has 0 spiro atoms. The molecule has 0 saturated carbocycles. The highest BCUT2D eigenvalue weighted by molar-refractivity contribution is 5.94. The first-order chi connectivity index (χ1) is 12.2. The third-order valence-corrected chi connectivity index (χ3v) is 4.09. The van der Waals surface area contributed by atoms with Gasteiger partial charge in [-0.3, -0.25) is 9.20 Å². The van der Waals surface area contributed by atoms with Gasteiger partial charge in [0.1, 0.15) is 17.2 Å². The second-order valence-corrected chi connectivity index (χ2v) is 5.71. The predicted molar refractivity (Wildman–Crippen MR) is 88.3 cm³/mol. The summed E-state index contributed by atoms with van der Waals surface area (Å²) >= 11 is 0. The standard InChI is InChI=1S/C18H16FN3O3/c1-2-13-17(22-9-12(19)4-6-16(22)21-13)18(23)20-8-11-3-5-14-15(7-11)25-10-24-14/h3-7,9H,2,8,10H2,1H3,(H,20,23). The number of aromatic nitrogens is 2. The lowest BCUT2D eigenvalue weighted by Gasteiger charge is -2.07. The monoisotopic (exact) mass is 341 g/mol. The lowest BCUT2D eigenvalue weighted by Crippen LogP contribution is -2.25. The Morgan fingerprint density at radius 1 is 1.28 bits per heavy atom. The summed E-state index contributed by atoms with van der Waals surface area (Å²) in [5.41, 5.74) is 2.42. The number of pyridine rings is 1. The zero-order chi connectivity index (χ0) is 17.4. The van der Waals surface area contributed by atoms with Crippen LogP contribution in [-0.4, -0.2) is 22.1 Å². The number of fused-ring (bicyclic) bond motifs is 2. The van der Waals surface area contributed by atoms with Crippen molar-refractivity contribution >= 4 is 11.6 Å². The Labute approximate surface area is 143 Å². The summed E-state index contributed by atoms with van der Waals surface area (Å²) in [6.45, 7) is 2.44. The van der Waals surface area contributed by atoms with E-state index in [1.807, 2.05) is 25.1 Å². The number of nitrogens with zero attached hydrogens (tertiary/aromatic N) is 2. The van der Waals surface area contributed by atoms with E-state index in [-0.39, 0.29) is 12.7 Å². The van der Waals surface area contributed by atoms with Crippen LogP contribution in [0.5, 0.6) is 11.5 Å². The van der Waals surface area contributed by atoms with E-state index < -0.39 is 5.82 Å². The molecule has 0 saturated heterocycles. The van der Waals surface area contributed by atoms with Gasteiger partial charge < -0.3 is 14.8 Å². The Bertz CT molecular complexity index is 968. The SMILES string of the molecule is CCc1nc2ccc(F)cn2c1C(=O)NCc1ccc2c(c1)OCO2. The first-order valence-electron chi connectivity index (χ1n) is 7.99. The van der Waals surface area contributed by atoms with Crippen molar-refractivity contribution in [1.82, 2.24) is 14.7 Å². The van der Waals surface area contributed by atoms with Crippen molar-refractivity contribution in [3.8, 4) is 11.5 Å². The van der Waals surface area contributed by atoms with Crippen LogP contribution in [0.2, 0.25) is 0 Å². The number of carbonyl (C=O) groups is 1. The highest BCUT2D eigenvalue weighted by Crippen LogP contribution is 2.32. The van der Waals surface area contributed by atoms with Crippen LogP contribution >= 0.6 is 0 Å². The second-order valence-electron chi connectivity index (χ2n) is 5.71. The number of aryl methyl sites for hydroxylation is 1. The van der Waals surface area contributed by atoms with E-state index in [4.69, 9.17) is 9.47 Å². The van der Waals surface area contributed by atoms with E-state index in [9.17, 15) is 9.18 Å². The van der Waals surface area contributed by atoms with E-state index in [2.05, 4.69) is 10.3 Å². The largest absolute Gasteiger partial charge is 0.454 e. The van der Waals surface area contributed by atoms with Crippen LogP contribution in [-0.2, 0) is 13.0 Å². The number of imidazole rings is 1. The predicted octanol–water partition coefficient (Wildman–Crippen LogP) is 2.69. The Morgan fingerprint density at radius 3 is 2.96 bits per heavy atom. The molecule has 0 fully saturated rings. The quantitative estimate of drug-likeness (QED) is 0.792. The number of ether oxygens (including phenoxy) is 2. The van der Waals surface area contributed by atoms with Gasteiger partial charge in [0.15, 0.2) is 11.5 Å². The average Bonchev–Trinajstić information content (AvgIpc) is 3.22. The maximum absolute atomic E-state index is 13.6. The molecule has 6 nitrogen and oxygen atoms in total. The van der Waals surface area contributed by atoms with E-state index in [0.717, 1.165) is 5.56 Å². The third-order valence-electron chi connectivity index (χ3n) is 4.09. The molecule has 0 atom stereocenters. The van der Waals surface area contributed by atoms with Crippen LogP contribution in [0.1, 0.15) is 28.7 Å². The number of nitrogens with one attached hydrogen (secondary N) is 1. The van der Waals surface area contributed by atoms with Crippen LogP contribution in [0, 0.1) is 5.82 Å². The van der Waals surface area contributed by atoms with Crippen molar-refractivity contribution in [3.63, 3.8) is 0 Å². The molecule has 0 radical (unpaired) electrons. The molecule has 25 heavy (non-hydrogen) atoms. The van der Waals surface area contributed by atoms with Gasteiger partial charge in [0.05, 0.1) is 5.69 Å². The van der Waals surface area contributed by atoms with Gasteiger partial charge in [-0.25, -0.2) is 9.37 Å². The van der Waals surface area contributed by atoms with Crippen LogP contribution in [0.25, 0.3) is 5.65 Å². The smallest absolute Gasteiger partial charge is 0.270 e. The molecule has 0 unspecified atom stereocenters. The van der Waals surface area contributed by atoms with Gasteiger partial charge in [0.25, 0.3) is 5.91 Å². The van der Waals surface area contributed by atoms with Gasteiger partial charge in [0, 0.05) is 12.7 Å².